The molecular formula is C11H12N2O2S2. The lowest BCUT2D eigenvalue weighted by atomic mass is 10.2. The molecule has 0 spiro atoms. The summed E-state index contributed by atoms with van der Waals surface area (Å²) in [6, 6.07) is 0. The molecule has 0 aliphatic heterocycles. The lowest BCUT2D eigenvalue weighted by Crippen LogP contribution is -1.99. The summed E-state index contributed by atoms with van der Waals surface area (Å²) in [7, 11) is 0. The van der Waals surface area contributed by atoms with Crippen LogP contribution in [0.1, 0.15) is 16.3 Å². The van der Waals surface area contributed by atoms with Gasteiger partial charge < -0.3 is 5.11 Å². The van der Waals surface area contributed by atoms with Crippen LogP contribution in [-0.2, 0) is 4.79 Å². The molecule has 1 N–H and O–H groups in total. The Labute approximate surface area is 107 Å². The third kappa shape index (κ3) is 2.42. The van der Waals surface area contributed by atoms with Gasteiger partial charge in [-0.2, -0.15) is 0 Å². The van der Waals surface area contributed by atoms with Gasteiger partial charge in [-0.15, -0.1) is 11.3 Å². The Morgan fingerprint density at radius 3 is 2.71 bits per heavy atom. The monoisotopic (exact) mass is 268 g/mol. The number of nitrogens with zero attached hydrogens (tertiary/aromatic N) is 2. The maximum atomic E-state index is 10.6. The first kappa shape index (κ1) is 12.3. The predicted octanol–water partition coefficient (Wildman–Crippen LogP) is 2.79. The first-order chi connectivity index (χ1) is 7.99. The van der Waals surface area contributed by atoms with E-state index in [1.165, 1.54) is 16.6 Å². The highest BCUT2D eigenvalue weighted by molar-refractivity contribution is 8.00. The van der Waals surface area contributed by atoms with E-state index in [0.717, 1.165) is 20.8 Å². The Morgan fingerprint density at radius 1 is 1.35 bits per heavy atom. The van der Waals surface area contributed by atoms with Gasteiger partial charge in [0.2, 0.25) is 0 Å². The Hall–Kier alpha value is -1.14. The molecule has 2 aromatic rings. The lowest BCUT2D eigenvalue weighted by molar-refractivity contribution is -0.133. The van der Waals surface area contributed by atoms with Crippen molar-refractivity contribution in [3.63, 3.8) is 0 Å². The number of rotatable bonds is 3. The number of carboxylic acids is 1. The van der Waals surface area contributed by atoms with E-state index >= 15 is 0 Å². The molecule has 4 nitrogen and oxygen atoms in total. The molecule has 17 heavy (non-hydrogen) atoms. The Balaban J connectivity index is 2.55. The van der Waals surface area contributed by atoms with Crippen molar-refractivity contribution in [1.29, 1.82) is 0 Å². The van der Waals surface area contributed by atoms with Crippen LogP contribution < -0.4 is 0 Å². The third-order valence-corrected chi connectivity index (χ3v) is 4.50. The quantitative estimate of drug-likeness (QED) is 0.685. The number of carbonyl (C=O) groups is 1. The van der Waals surface area contributed by atoms with Crippen molar-refractivity contribution in [1.82, 2.24) is 9.97 Å². The fourth-order valence-electron chi connectivity index (χ4n) is 1.55. The van der Waals surface area contributed by atoms with Crippen molar-refractivity contribution in [2.24, 2.45) is 0 Å². The van der Waals surface area contributed by atoms with Crippen molar-refractivity contribution in [3.8, 4) is 0 Å². The van der Waals surface area contributed by atoms with Crippen molar-refractivity contribution in [2.45, 2.75) is 25.8 Å². The lowest BCUT2D eigenvalue weighted by Gasteiger charge is -2.02. The number of hydrogen-bond acceptors (Lipinski definition) is 5. The van der Waals surface area contributed by atoms with Crippen molar-refractivity contribution in [3.05, 3.63) is 16.3 Å². The maximum absolute atomic E-state index is 10.6. The van der Waals surface area contributed by atoms with Crippen LogP contribution in [0.15, 0.2) is 5.03 Å². The van der Waals surface area contributed by atoms with Gasteiger partial charge in [-0.1, -0.05) is 11.8 Å². The fourth-order valence-corrected chi connectivity index (χ4v) is 3.54. The SMILES string of the molecule is Cc1nc(SCC(=O)O)c2c(C)c(C)sc2n1. The summed E-state index contributed by atoms with van der Waals surface area (Å²) in [5.41, 5.74) is 1.15. The van der Waals surface area contributed by atoms with Gasteiger partial charge >= 0.3 is 5.97 Å². The van der Waals surface area contributed by atoms with Gasteiger partial charge in [0.1, 0.15) is 15.7 Å². The zero-order valence-electron chi connectivity index (χ0n) is 9.77. The number of thioether (sulfide) groups is 1. The molecule has 0 unspecified atom stereocenters. The van der Waals surface area contributed by atoms with Crippen molar-refractivity contribution >= 4 is 39.3 Å². The minimum absolute atomic E-state index is 0.0277. The molecule has 0 radical (unpaired) electrons. The zero-order chi connectivity index (χ0) is 12.6. The molecule has 0 saturated carbocycles. The van der Waals surface area contributed by atoms with Gasteiger partial charge in [0.15, 0.2) is 0 Å². The fraction of sp³-hybridized carbons (Fsp3) is 0.364. The van der Waals surface area contributed by atoms with Crippen molar-refractivity contribution < 1.29 is 9.90 Å². The second-order valence-electron chi connectivity index (χ2n) is 3.72. The number of aryl methyl sites for hydroxylation is 3. The summed E-state index contributed by atoms with van der Waals surface area (Å²) in [6.07, 6.45) is 0. The molecule has 0 aromatic carbocycles. The summed E-state index contributed by atoms with van der Waals surface area (Å²) in [5.74, 6) is -0.115. The van der Waals surface area contributed by atoms with Gasteiger partial charge in [0.05, 0.1) is 5.75 Å². The van der Waals surface area contributed by atoms with E-state index in [1.54, 1.807) is 11.3 Å². The smallest absolute Gasteiger partial charge is 0.313 e. The molecule has 90 valence electrons. The number of aliphatic carboxylic acids is 1. The number of thiophene rings is 1. The molecule has 0 atom stereocenters. The number of aromatic nitrogens is 2. The van der Waals surface area contributed by atoms with E-state index in [9.17, 15) is 4.79 Å². The number of hydrogen-bond donors (Lipinski definition) is 1. The standard InChI is InChI=1S/C11H12N2O2S2/c1-5-6(2)17-11-9(5)10(12-7(3)13-11)16-4-8(14)15/h4H2,1-3H3,(H,14,15). The first-order valence-corrected chi connectivity index (χ1v) is 6.88. The van der Waals surface area contributed by atoms with E-state index in [1.807, 2.05) is 20.8 Å². The third-order valence-electron chi connectivity index (χ3n) is 2.44. The van der Waals surface area contributed by atoms with Crippen LogP contribution in [0, 0.1) is 20.8 Å². The molecule has 2 aromatic heterocycles. The summed E-state index contributed by atoms with van der Waals surface area (Å²) >= 11 is 2.89. The van der Waals surface area contributed by atoms with E-state index in [0.29, 0.717) is 5.82 Å². The molecule has 6 heteroatoms. The highest BCUT2D eigenvalue weighted by Crippen LogP contribution is 2.34. The average molecular weight is 268 g/mol. The second kappa shape index (κ2) is 4.62. The number of fused-ring (bicyclic) bond motifs is 1. The van der Waals surface area contributed by atoms with Gasteiger partial charge in [0.25, 0.3) is 0 Å². The van der Waals surface area contributed by atoms with Crippen LogP contribution in [0.4, 0.5) is 0 Å². The predicted molar refractivity (Wildman–Crippen MR) is 70.0 cm³/mol. The van der Waals surface area contributed by atoms with E-state index in [-0.39, 0.29) is 5.75 Å². The largest absolute Gasteiger partial charge is 0.481 e. The van der Waals surface area contributed by atoms with Gasteiger partial charge in [-0.3, -0.25) is 4.79 Å². The summed E-state index contributed by atoms with van der Waals surface area (Å²) < 4.78 is 0. The Bertz CT molecular complexity index is 593. The molecule has 0 aliphatic rings. The minimum Gasteiger partial charge on any atom is -0.481 e. The topological polar surface area (TPSA) is 63.1 Å². The van der Waals surface area contributed by atoms with E-state index in [4.69, 9.17) is 5.11 Å². The van der Waals surface area contributed by atoms with Gasteiger partial charge in [0, 0.05) is 10.3 Å². The van der Waals surface area contributed by atoms with Crippen LogP contribution in [0.5, 0.6) is 0 Å². The minimum atomic E-state index is -0.830. The molecule has 0 bridgehead atoms. The van der Waals surface area contributed by atoms with Crippen LogP contribution in [0.3, 0.4) is 0 Å². The highest BCUT2D eigenvalue weighted by atomic mass is 32.2. The maximum Gasteiger partial charge on any atom is 0.313 e. The van der Waals surface area contributed by atoms with Crippen LogP contribution >= 0.6 is 23.1 Å². The Kier molecular flexibility index (Phi) is 3.35. The number of carboxylic acid groups (broad SMARTS) is 1. The normalized spacial score (nSPS) is 11.0. The molecule has 0 fully saturated rings. The van der Waals surface area contributed by atoms with E-state index in [2.05, 4.69) is 9.97 Å². The van der Waals surface area contributed by atoms with E-state index < -0.39 is 5.97 Å². The second-order valence-corrected chi connectivity index (χ2v) is 5.89. The molecule has 2 heterocycles. The van der Waals surface area contributed by atoms with Gasteiger partial charge in [-0.05, 0) is 26.3 Å². The summed E-state index contributed by atoms with van der Waals surface area (Å²) in [5, 5.41) is 10.5. The first-order valence-electron chi connectivity index (χ1n) is 5.08. The zero-order valence-corrected chi connectivity index (χ0v) is 11.4. The molecule has 2 rings (SSSR count). The Morgan fingerprint density at radius 2 is 2.06 bits per heavy atom. The molecule has 0 amide bonds. The van der Waals surface area contributed by atoms with Crippen LogP contribution in [0.25, 0.3) is 10.2 Å². The van der Waals surface area contributed by atoms with Crippen LogP contribution in [0.2, 0.25) is 0 Å². The van der Waals surface area contributed by atoms with Crippen LogP contribution in [-0.4, -0.2) is 26.8 Å². The molecule has 0 aliphatic carbocycles. The van der Waals surface area contributed by atoms with Gasteiger partial charge in [-0.25, -0.2) is 9.97 Å². The molecule has 0 saturated heterocycles. The van der Waals surface area contributed by atoms with Crippen molar-refractivity contribution in [2.75, 3.05) is 5.75 Å². The average Bonchev–Trinajstić information content (AvgIpc) is 2.51. The summed E-state index contributed by atoms with van der Waals surface area (Å²) in [4.78, 5) is 21.5. The summed E-state index contributed by atoms with van der Waals surface area (Å²) in [6.45, 7) is 5.90. The highest BCUT2D eigenvalue weighted by Gasteiger charge is 2.14. The molecular weight excluding hydrogens is 256 g/mol.